The van der Waals surface area contributed by atoms with E-state index in [1.165, 1.54) is 12.1 Å². The van der Waals surface area contributed by atoms with Gasteiger partial charge in [0.2, 0.25) is 5.82 Å². The van der Waals surface area contributed by atoms with Crippen LogP contribution in [0.25, 0.3) is 11.0 Å². The third kappa shape index (κ3) is 3.10. The van der Waals surface area contributed by atoms with Crippen LogP contribution >= 0.6 is 0 Å². The van der Waals surface area contributed by atoms with Gasteiger partial charge in [0.05, 0.1) is 17.2 Å². The standard InChI is InChI=1S/C20H21F3N4O/c1-19(2)13-8-7-12(14(19)9-13)10-24-26-17(28)11-27-16-6-4-3-5-15(16)25-18(27)20(21,22)23/h3-7,10,13-14H,8-9,11H2,1-2H3,(H,26,28). The highest BCUT2D eigenvalue weighted by molar-refractivity contribution is 5.84. The van der Waals surface area contributed by atoms with Gasteiger partial charge in [0.25, 0.3) is 5.91 Å². The molecule has 2 aromatic rings. The number of nitrogens with zero attached hydrogens (tertiary/aromatic N) is 3. The number of fused-ring (bicyclic) bond motifs is 2. The third-order valence-electron chi connectivity index (χ3n) is 6.12. The minimum atomic E-state index is -4.65. The average molecular weight is 390 g/mol. The van der Waals surface area contributed by atoms with Crippen LogP contribution in [0.5, 0.6) is 0 Å². The average Bonchev–Trinajstić information content (AvgIpc) is 3.01. The van der Waals surface area contributed by atoms with E-state index in [0.29, 0.717) is 11.8 Å². The van der Waals surface area contributed by atoms with E-state index < -0.39 is 24.5 Å². The number of imidazole rings is 1. The molecule has 0 spiro atoms. The Morgan fingerprint density at radius 3 is 2.82 bits per heavy atom. The number of aromatic nitrogens is 2. The summed E-state index contributed by atoms with van der Waals surface area (Å²) in [5.41, 5.74) is 4.11. The van der Waals surface area contributed by atoms with E-state index in [1.807, 2.05) is 0 Å². The zero-order valence-corrected chi connectivity index (χ0v) is 15.6. The first-order valence-electron chi connectivity index (χ1n) is 9.22. The molecule has 28 heavy (non-hydrogen) atoms. The van der Waals surface area contributed by atoms with E-state index in [1.54, 1.807) is 18.3 Å². The zero-order chi connectivity index (χ0) is 20.1. The highest BCUT2D eigenvalue weighted by Crippen LogP contribution is 2.58. The van der Waals surface area contributed by atoms with E-state index in [2.05, 4.69) is 35.4 Å². The number of rotatable bonds is 4. The van der Waals surface area contributed by atoms with Gasteiger partial charge < -0.3 is 4.57 Å². The fourth-order valence-corrected chi connectivity index (χ4v) is 4.35. The van der Waals surface area contributed by atoms with Gasteiger partial charge in [-0.3, -0.25) is 4.79 Å². The first-order chi connectivity index (χ1) is 13.2. The lowest BCUT2D eigenvalue weighted by molar-refractivity contribution is -0.147. The van der Waals surface area contributed by atoms with E-state index in [4.69, 9.17) is 0 Å². The molecule has 2 unspecified atom stereocenters. The molecule has 148 valence electrons. The van der Waals surface area contributed by atoms with E-state index in [-0.39, 0.29) is 16.4 Å². The Morgan fingerprint density at radius 2 is 2.14 bits per heavy atom. The maximum absolute atomic E-state index is 13.3. The minimum Gasteiger partial charge on any atom is -0.311 e. The van der Waals surface area contributed by atoms with Crippen molar-refractivity contribution in [2.75, 3.05) is 0 Å². The van der Waals surface area contributed by atoms with Crippen LogP contribution in [0.2, 0.25) is 0 Å². The van der Waals surface area contributed by atoms with Crippen molar-refractivity contribution in [2.45, 2.75) is 39.4 Å². The normalized spacial score (nSPS) is 23.5. The van der Waals surface area contributed by atoms with Crippen molar-refractivity contribution in [3.63, 3.8) is 0 Å². The molecule has 1 saturated carbocycles. The molecule has 1 fully saturated rings. The number of carbonyl (C=O) groups excluding carboxylic acids is 1. The van der Waals surface area contributed by atoms with E-state index in [9.17, 15) is 18.0 Å². The number of carbonyl (C=O) groups is 1. The topological polar surface area (TPSA) is 59.3 Å². The second-order valence-electron chi connectivity index (χ2n) is 8.05. The summed E-state index contributed by atoms with van der Waals surface area (Å²) in [6, 6.07) is 6.21. The number of para-hydroxylation sites is 2. The van der Waals surface area contributed by atoms with Crippen LogP contribution < -0.4 is 5.43 Å². The molecule has 3 aliphatic rings. The molecule has 2 bridgehead atoms. The molecule has 0 radical (unpaired) electrons. The highest BCUT2D eigenvalue weighted by atomic mass is 19.4. The van der Waals surface area contributed by atoms with Crippen LogP contribution in [0.3, 0.4) is 0 Å². The molecule has 5 rings (SSSR count). The lowest BCUT2D eigenvalue weighted by atomic mass is 9.49. The first kappa shape index (κ1) is 18.7. The van der Waals surface area contributed by atoms with Crippen molar-refractivity contribution in [1.82, 2.24) is 15.0 Å². The molecule has 2 atom stereocenters. The molecule has 0 saturated heterocycles. The van der Waals surface area contributed by atoms with Gasteiger partial charge in [0, 0.05) is 0 Å². The molecule has 5 nitrogen and oxygen atoms in total. The summed E-state index contributed by atoms with van der Waals surface area (Å²) < 4.78 is 40.8. The molecular weight excluding hydrogens is 369 g/mol. The zero-order valence-electron chi connectivity index (χ0n) is 15.6. The highest BCUT2D eigenvalue weighted by Gasteiger charge is 2.50. The Morgan fingerprint density at radius 1 is 1.39 bits per heavy atom. The number of alkyl halides is 3. The molecule has 8 heteroatoms. The van der Waals surface area contributed by atoms with Gasteiger partial charge in [-0.2, -0.15) is 18.3 Å². The molecule has 0 aliphatic heterocycles. The van der Waals surface area contributed by atoms with Gasteiger partial charge in [-0.15, -0.1) is 0 Å². The Bertz CT molecular complexity index is 987. The summed E-state index contributed by atoms with van der Waals surface area (Å²) in [6.45, 7) is 3.95. The van der Waals surface area contributed by atoms with Gasteiger partial charge in [-0.25, -0.2) is 10.4 Å². The van der Waals surface area contributed by atoms with E-state index in [0.717, 1.165) is 23.0 Å². The van der Waals surface area contributed by atoms with Crippen LogP contribution in [0.1, 0.15) is 32.5 Å². The van der Waals surface area contributed by atoms with Crippen molar-refractivity contribution < 1.29 is 18.0 Å². The Labute approximate surface area is 160 Å². The van der Waals surface area contributed by atoms with Gasteiger partial charge in [0.1, 0.15) is 6.54 Å². The molecule has 1 amide bonds. The number of halogens is 3. The molecule has 1 aromatic heterocycles. The predicted molar refractivity (Wildman–Crippen MR) is 99.4 cm³/mol. The van der Waals surface area contributed by atoms with Crippen molar-refractivity contribution in [1.29, 1.82) is 0 Å². The SMILES string of the molecule is CC1(C)C2CC=C(C=NNC(=O)Cn3c(C(F)(F)F)nc4ccccc43)C1C2. The minimum absolute atomic E-state index is 0.195. The summed E-state index contributed by atoms with van der Waals surface area (Å²) >= 11 is 0. The Hall–Kier alpha value is -2.64. The number of nitrogens with one attached hydrogen (secondary N) is 1. The largest absolute Gasteiger partial charge is 0.449 e. The van der Waals surface area contributed by atoms with Crippen molar-refractivity contribution in [2.24, 2.45) is 22.4 Å². The molecule has 3 aliphatic carbocycles. The lowest BCUT2D eigenvalue weighted by Gasteiger charge is -2.55. The van der Waals surface area contributed by atoms with Crippen molar-refractivity contribution in [3.8, 4) is 0 Å². The van der Waals surface area contributed by atoms with Crippen molar-refractivity contribution in [3.05, 3.63) is 41.7 Å². The summed E-state index contributed by atoms with van der Waals surface area (Å²) in [5.74, 6) is -0.613. The second-order valence-corrected chi connectivity index (χ2v) is 8.05. The first-order valence-corrected chi connectivity index (χ1v) is 9.22. The lowest BCUT2D eigenvalue weighted by Crippen LogP contribution is -2.48. The number of allylic oxidation sites excluding steroid dienone is 2. The fraction of sp³-hybridized carbons (Fsp3) is 0.450. The number of amides is 1. The van der Waals surface area contributed by atoms with Crippen LogP contribution in [-0.4, -0.2) is 21.7 Å². The van der Waals surface area contributed by atoms with E-state index >= 15 is 0 Å². The molecule has 1 heterocycles. The number of hydrazone groups is 1. The summed E-state index contributed by atoms with van der Waals surface area (Å²) in [7, 11) is 0. The van der Waals surface area contributed by atoms with Gasteiger partial charge in [-0.1, -0.05) is 32.1 Å². The quantitative estimate of drug-likeness (QED) is 0.630. The molecule has 1 N–H and O–H groups in total. The molecular formula is C20H21F3N4O. The third-order valence-corrected chi connectivity index (χ3v) is 6.12. The predicted octanol–water partition coefficient (Wildman–Crippen LogP) is 4.15. The summed E-state index contributed by atoms with van der Waals surface area (Å²) in [4.78, 5) is 15.9. The number of hydrogen-bond acceptors (Lipinski definition) is 3. The van der Waals surface area contributed by atoms with Crippen LogP contribution in [0.4, 0.5) is 13.2 Å². The summed E-state index contributed by atoms with van der Waals surface area (Å²) in [5, 5.41) is 3.98. The van der Waals surface area contributed by atoms with Crippen LogP contribution in [0.15, 0.2) is 41.0 Å². The fourth-order valence-electron chi connectivity index (χ4n) is 4.35. The smallest absolute Gasteiger partial charge is 0.311 e. The second kappa shape index (κ2) is 6.46. The maximum atomic E-state index is 13.3. The van der Waals surface area contributed by atoms with Crippen LogP contribution in [-0.2, 0) is 17.5 Å². The van der Waals surface area contributed by atoms with Gasteiger partial charge in [0.15, 0.2) is 0 Å². The van der Waals surface area contributed by atoms with Gasteiger partial charge >= 0.3 is 6.18 Å². The monoisotopic (exact) mass is 390 g/mol. The Kier molecular flexibility index (Phi) is 4.32. The van der Waals surface area contributed by atoms with Crippen LogP contribution in [0, 0.1) is 17.3 Å². The Balaban J connectivity index is 1.48. The van der Waals surface area contributed by atoms with Crippen molar-refractivity contribution >= 4 is 23.2 Å². The number of benzene rings is 1. The summed E-state index contributed by atoms with van der Waals surface area (Å²) in [6.07, 6.45) is 1.21. The maximum Gasteiger partial charge on any atom is 0.449 e. The molecule has 1 aromatic carbocycles. The number of hydrogen-bond donors (Lipinski definition) is 1. The van der Waals surface area contributed by atoms with Gasteiger partial charge in [-0.05, 0) is 47.8 Å².